The molecule has 3 aromatic rings. The lowest BCUT2D eigenvalue weighted by Gasteiger charge is -2.32. The predicted octanol–water partition coefficient (Wildman–Crippen LogP) is 3.52. The molecule has 4 rings (SSSR count). The molecule has 190 valence electrons. The minimum absolute atomic E-state index is 0.00871. The normalized spacial score (nSPS) is 14.8. The molecule has 1 aromatic heterocycles. The number of nitrogens with zero attached hydrogens (tertiary/aromatic N) is 1. The molecule has 2 heterocycles. The van der Waals surface area contributed by atoms with E-state index in [1.165, 1.54) is 31.4 Å². The van der Waals surface area contributed by atoms with Gasteiger partial charge in [-0.15, -0.1) is 0 Å². The van der Waals surface area contributed by atoms with E-state index in [0.717, 1.165) is 12.1 Å². The van der Waals surface area contributed by atoms with Crippen molar-refractivity contribution in [3.63, 3.8) is 0 Å². The van der Waals surface area contributed by atoms with Gasteiger partial charge < -0.3 is 19.7 Å². The Kier molecular flexibility index (Phi) is 6.42. The molecule has 0 radical (unpaired) electrons. The van der Waals surface area contributed by atoms with Crippen molar-refractivity contribution in [2.24, 2.45) is 0 Å². The highest BCUT2D eigenvalue weighted by molar-refractivity contribution is 7.91. The van der Waals surface area contributed by atoms with Gasteiger partial charge in [-0.1, -0.05) is 0 Å². The summed E-state index contributed by atoms with van der Waals surface area (Å²) in [5.41, 5.74) is 1.88. The van der Waals surface area contributed by atoms with Crippen molar-refractivity contribution in [2.75, 3.05) is 7.11 Å². The van der Waals surface area contributed by atoms with Gasteiger partial charge in [0.15, 0.2) is 0 Å². The first kappa shape index (κ1) is 25.4. The zero-order chi connectivity index (χ0) is 26.4. The van der Waals surface area contributed by atoms with Crippen LogP contribution in [0, 0.1) is 12.7 Å². The second-order valence-corrected chi connectivity index (χ2v) is 11.4. The lowest BCUT2D eigenvalue weighted by molar-refractivity contribution is -0.137. The van der Waals surface area contributed by atoms with Gasteiger partial charge in [-0.3, -0.25) is 9.59 Å². The number of hydrogen-bond acceptors (Lipinski definition) is 5. The zero-order valence-electron chi connectivity index (χ0n) is 20.4. The second kappa shape index (κ2) is 9.09. The molecular formula is C26H27FN2O6S. The molecule has 2 N–H and O–H groups in total. The fourth-order valence-electron chi connectivity index (χ4n) is 4.72. The van der Waals surface area contributed by atoms with Crippen LogP contribution in [0.3, 0.4) is 0 Å². The third-order valence-corrected chi connectivity index (χ3v) is 8.26. The first-order valence-electron chi connectivity index (χ1n) is 11.3. The maximum atomic E-state index is 13.5. The lowest BCUT2D eigenvalue weighted by Crippen LogP contribution is -2.49. The Morgan fingerprint density at radius 1 is 1.19 bits per heavy atom. The first-order chi connectivity index (χ1) is 16.8. The molecule has 1 aliphatic heterocycles. The van der Waals surface area contributed by atoms with Crippen molar-refractivity contribution < 1.29 is 32.2 Å². The summed E-state index contributed by atoms with van der Waals surface area (Å²) >= 11 is 0. The number of aliphatic carboxylic acids is 1. The highest BCUT2D eigenvalue weighted by Crippen LogP contribution is 2.35. The van der Waals surface area contributed by atoms with Gasteiger partial charge in [-0.05, 0) is 74.4 Å². The minimum atomic E-state index is -4.03. The van der Waals surface area contributed by atoms with Crippen molar-refractivity contribution in [3.8, 4) is 5.75 Å². The molecule has 0 bridgehead atoms. The van der Waals surface area contributed by atoms with Crippen LogP contribution in [-0.2, 0) is 34.0 Å². The van der Waals surface area contributed by atoms with E-state index in [2.05, 4.69) is 5.32 Å². The van der Waals surface area contributed by atoms with E-state index in [-0.39, 0.29) is 28.7 Å². The Balaban J connectivity index is 1.90. The predicted molar refractivity (Wildman–Crippen MR) is 130 cm³/mol. The quantitative estimate of drug-likeness (QED) is 0.467. The number of benzene rings is 2. The van der Waals surface area contributed by atoms with E-state index in [4.69, 9.17) is 4.74 Å². The molecule has 2 aromatic carbocycles. The maximum Gasteiger partial charge on any atom is 0.323 e. The van der Waals surface area contributed by atoms with Crippen molar-refractivity contribution >= 4 is 21.7 Å². The Hall–Kier alpha value is -3.66. The Morgan fingerprint density at radius 2 is 1.86 bits per heavy atom. The molecule has 36 heavy (non-hydrogen) atoms. The number of rotatable bonds is 7. The molecule has 1 amide bonds. The summed E-state index contributed by atoms with van der Waals surface area (Å²) in [6.45, 7) is 5.12. The lowest BCUT2D eigenvalue weighted by atomic mass is 9.89. The number of aromatic nitrogens is 1. The average molecular weight is 515 g/mol. The van der Waals surface area contributed by atoms with Gasteiger partial charge in [0.25, 0.3) is 5.91 Å². The first-order valence-corrected chi connectivity index (χ1v) is 12.7. The van der Waals surface area contributed by atoms with E-state index in [9.17, 15) is 27.5 Å². The number of carboxylic acid groups (broad SMARTS) is 1. The molecule has 0 atom stereocenters. The van der Waals surface area contributed by atoms with Gasteiger partial charge in [0.2, 0.25) is 9.84 Å². The van der Waals surface area contributed by atoms with E-state index >= 15 is 0 Å². The van der Waals surface area contributed by atoms with Crippen LogP contribution in [0.15, 0.2) is 52.3 Å². The van der Waals surface area contributed by atoms with E-state index in [0.29, 0.717) is 40.2 Å². The van der Waals surface area contributed by atoms with Crippen molar-refractivity contribution in [3.05, 3.63) is 76.4 Å². The number of carbonyl (C=O) groups is 2. The van der Waals surface area contributed by atoms with Crippen LogP contribution in [0.5, 0.6) is 5.75 Å². The van der Waals surface area contributed by atoms with Gasteiger partial charge in [0.05, 0.1) is 22.5 Å². The zero-order valence-corrected chi connectivity index (χ0v) is 21.2. The van der Waals surface area contributed by atoms with E-state index in [1.54, 1.807) is 17.6 Å². The Bertz CT molecular complexity index is 1470. The van der Waals surface area contributed by atoms with Crippen molar-refractivity contribution in [1.82, 2.24) is 9.88 Å². The number of halogens is 1. The van der Waals surface area contributed by atoms with Gasteiger partial charge in [-0.25, -0.2) is 12.8 Å². The summed E-state index contributed by atoms with van der Waals surface area (Å²) in [4.78, 5) is 24.7. The summed E-state index contributed by atoms with van der Waals surface area (Å²) in [6, 6.07) is 9.08. The van der Waals surface area contributed by atoms with Crippen molar-refractivity contribution in [1.29, 1.82) is 0 Å². The molecule has 0 aliphatic carbocycles. The monoisotopic (exact) mass is 514 g/mol. The number of amides is 1. The number of ether oxygens (including phenoxy) is 1. The number of fused-ring (bicyclic) bond motifs is 1. The van der Waals surface area contributed by atoms with Crippen LogP contribution < -0.4 is 10.1 Å². The van der Waals surface area contributed by atoms with Crippen LogP contribution in [0.4, 0.5) is 4.39 Å². The molecule has 1 aliphatic rings. The van der Waals surface area contributed by atoms with Crippen LogP contribution in [-0.4, -0.2) is 42.6 Å². The van der Waals surface area contributed by atoms with E-state index in [1.807, 2.05) is 13.8 Å². The van der Waals surface area contributed by atoms with Gasteiger partial charge in [-0.2, -0.15) is 0 Å². The average Bonchev–Trinajstić information content (AvgIpc) is 3.03. The number of carboxylic acids is 1. The maximum absolute atomic E-state index is 13.5. The second-order valence-electron chi connectivity index (χ2n) is 9.49. The summed E-state index contributed by atoms with van der Waals surface area (Å²) in [5.74, 6) is -1.52. The number of hydrogen-bond donors (Lipinski definition) is 2. The highest BCUT2D eigenvalue weighted by atomic mass is 32.2. The fraction of sp³-hybridized carbons (Fsp3) is 0.308. The molecule has 10 heteroatoms. The summed E-state index contributed by atoms with van der Waals surface area (Å²) in [7, 11) is -2.58. The largest absolute Gasteiger partial charge is 0.497 e. The topological polar surface area (TPSA) is 115 Å². The fourth-order valence-corrected chi connectivity index (χ4v) is 6.19. The SMILES string of the molecule is COc1ccc(S(=O)(=O)c2ccc(F)cc2)c(Cc2c3c(n(CC(=O)O)c2C)CC(C)(C)NC3=O)c1. The van der Waals surface area contributed by atoms with E-state index < -0.39 is 27.2 Å². The molecule has 0 unspecified atom stereocenters. The van der Waals surface area contributed by atoms with Gasteiger partial charge >= 0.3 is 5.97 Å². The molecular weight excluding hydrogens is 487 g/mol. The smallest absolute Gasteiger partial charge is 0.323 e. The van der Waals surface area contributed by atoms with Crippen molar-refractivity contribution in [2.45, 2.75) is 55.5 Å². The van der Waals surface area contributed by atoms with Gasteiger partial charge in [0.1, 0.15) is 18.1 Å². The molecule has 0 fully saturated rings. The highest BCUT2D eigenvalue weighted by Gasteiger charge is 2.37. The number of carbonyl (C=O) groups excluding carboxylic acids is 1. The minimum Gasteiger partial charge on any atom is -0.497 e. The Morgan fingerprint density at radius 3 is 2.47 bits per heavy atom. The van der Waals surface area contributed by atoms with Crippen LogP contribution in [0.1, 0.15) is 46.7 Å². The molecule has 8 nitrogen and oxygen atoms in total. The number of nitrogens with one attached hydrogen (secondary N) is 1. The third kappa shape index (κ3) is 4.60. The summed E-state index contributed by atoms with van der Waals surface area (Å²) < 4.78 is 47.4. The standard InChI is InChI=1S/C26H27FN2O6S/c1-15-20(24-21(29(15)14-23(30)31)13-26(2,3)28-25(24)32)12-16-11-18(35-4)7-10-22(16)36(33,34)19-8-5-17(27)6-9-19/h5-11H,12-14H2,1-4H3,(H,28,32)(H,30,31). The van der Waals surface area contributed by atoms with Gasteiger partial charge in [0, 0.05) is 29.8 Å². The summed E-state index contributed by atoms with van der Waals surface area (Å²) in [5, 5.41) is 12.5. The number of methoxy groups -OCH3 is 1. The van der Waals surface area contributed by atoms with Crippen LogP contribution in [0.25, 0.3) is 0 Å². The number of sulfone groups is 1. The Labute approximate surface area is 208 Å². The van der Waals surface area contributed by atoms with Crippen LogP contribution in [0.2, 0.25) is 0 Å². The molecule has 0 spiro atoms. The van der Waals surface area contributed by atoms with Crippen LogP contribution >= 0.6 is 0 Å². The third-order valence-electron chi connectivity index (χ3n) is 6.39. The molecule has 0 saturated heterocycles. The molecule has 0 saturated carbocycles. The summed E-state index contributed by atoms with van der Waals surface area (Å²) in [6.07, 6.45) is 0.461.